The van der Waals surface area contributed by atoms with Gasteiger partial charge >= 0.3 is 0 Å². The lowest BCUT2D eigenvalue weighted by molar-refractivity contribution is 0.585. The quantitative estimate of drug-likeness (QED) is 0.887. The summed E-state index contributed by atoms with van der Waals surface area (Å²) >= 11 is 6.27. The van der Waals surface area contributed by atoms with Crippen LogP contribution in [0.5, 0.6) is 0 Å². The summed E-state index contributed by atoms with van der Waals surface area (Å²) in [6.07, 6.45) is 0. The first-order valence-corrected chi connectivity index (χ1v) is 7.32. The van der Waals surface area contributed by atoms with Gasteiger partial charge in [0.2, 0.25) is 0 Å². The summed E-state index contributed by atoms with van der Waals surface area (Å²) in [7, 11) is 1.92. The smallest absolute Gasteiger partial charge is 0.128 e. The van der Waals surface area contributed by atoms with E-state index in [1.54, 1.807) is 12.1 Å². The van der Waals surface area contributed by atoms with Crippen molar-refractivity contribution in [2.45, 2.75) is 25.9 Å². The summed E-state index contributed by atoms with van der Waals surface area (Å²) in [4.78, 5) is 2.00. The average Bonchev–Trinajstić information content (AvgIpc) is 2.45. The van der Waals surface area contributed by atoms with E-state index in [4.69, 9.17) is 17.3 Å². The van der Waals surface area contributed by atoms with Crippen LogP contribution in [0.1, 0.15) is 37.1 Å². The SMILES string of the molecule is CC(N)c1ccc(N(C)C(C)c2ccccc2F)cc1Cl. The summed E-state index contributed by atoms with van der Waals surface area (Å²) in [6.45, 7) is 3.86. The van der Waals surface area contributed by atoms with Crippen molar-refractivity contribution < 1.29 is 4.39 Å². The van der Waals surface area contributed by atoms with Crippen molar-refractivity contribution in [1.29, 1.82) is 0 Å². The molecule has 0 amide bonds. The van der Waals surface area contributed by atoms with Crippen LogP contribution in [-0.2, 0) is 0 Å². The Kier molecular flexibility index (Phi) is 4.86. The van der Waals surface area contributed by atoms with Crippen molar-refractivity contribution in [2.75, 3.05) is 11.9 Å². The lowest BCUT2D eigenvalue weighted by Gasteiger charge is -2.28. The molecule has 21 heavy (non-hydrogen) atoms. The molecule has 2 aromatic rings. The molecule has 0 spiro atoms. The zero-order valence-corrected chi connectivity index (χ0v) is 13.2. The Bertz CT molecular complexity index is 628. The van der Waals surface area contributed by atoms with Crippen LogP contribution in [0.25, 0.3) is 0 Å². The zero-order chi connectivity index (χ0) is 15.6. The number of benzene rings is 2. The highest BCUT2D eigenvalue weighted by Gasteiger charge is 2.17. The van der Waals surface area contributed by atoms with Gasteiger partial charge in [0.15, 0.2) is 0 Å². The number of hydrogen-bond acceptors (Lipinski definition) is 2. The van der Waals surface area contributed by atoms with Gasteiger partial charge in [0.25, 0.3) is 0 Å². The maximum absolute atomic E-state index is 13.9. The Morgan fingerprint density at radius 2 is 1.76 bits per heavy atom. The summed E-state index contributed by atoms with van der Waals surface area (Å²) in [6, 6.07) is 12.4. The molecule has 2 nitrogen and oxygen atoms in total. The van der Waals surface area contributed by atoms with Crippen LogP contribution in [0.2, 0.25) is 5.02 Å². The molecule has 0 aliphatic carbocycles. The van der Waals surface area contributed by atoms with Gasteiger partial charge < -0.3 is 10.6 Å². The van der Waals surface area contributed by atoms with Crippen LogP contribution >= 0.6 is 11.6 Å². The van der Waals surface area contributed by atoms with Crippen molar-refractivity contribution in [3.63, 3.8) is 0 Å². The van der Waals surface area contributed by atoms with E-state index in [9.17, 15) is 4.39 Å². The highest BCUT2D eigenvalue weighted by atomic mass is 35.5. The summed E-state index contributed by atoms with van der Waals surface area (Å²) in [5.41, 5.74) is 8.36. The van der Waals surface area contributed by atoms with Gasteiger partial charge in [0.1, 0.15) is 5.82 Å². The lowest BCUT2D eigenvalue weighted by atomic mass is 10.0. The van der Waals surface area contributed by atoms with Crippen LogP contribution in [0, 0.1) is 5.82 Å². The molecule has 4 heteroatoms. The number of halogens is 2. The Morgan fingerprint density at radius 1 is 1.10 bits per heavy atom. The second-order valence-electron chi connectivity index (χ2n) is 5.30. The predicted molar refractivity (Wildman–Crippen MR) is 87.3 cm³/mol. The average molecular weight is 307 g/mol. The highest BCUT2D eigenvalue weighted by Crippen LogP contribution is 2.31. The van der Waals surface area contributed by atoms with Crippen molar-refractivity contribution in [3.05, 3.63) is 64.4 Å². The summed E-state index contributed by atoms with van der Waals surface area (Å²) in [5.74, 6) is -0.199. The fourth-order valence-electron chi connectivity index (χ4n) is 2.35. The highest BCUT2D eigenvalue weighted by molar-refractivity contribution is 6.31. The Balaban J connectivity index is 2.30. The van der Waals surface area contributed by atoms with Crippen molar-refractivity contribution in [3.8, 4) is 0 Å². The molecule has 0 fully saturated rings. The summed E-state index contributed by atoms with van der Waals surface area (Å²) < 4.78 is 13.9. The molecule has 0 aliphatic heterocycles. The molecule has 2 N–H and O–H groups in total. The number of nitrogens with zero attached hydrogens (tertiary/aromatic N) is 1. The molecule has 0 aliphatic rings. The van der Waals surface area contributed by atoms with Gasteiger partial charge in [0.05, 0.1) is 6.04 Å². The molecule has 0 saturated heterocycles. The molecule has 0 radical (unpaired) electrons. The van der Waals surface area contributed by atoms with Gasteiger partial charge in [-0.15, -0.1) is 0 Å². The first-order valence-electron chi connectivity index (χ1n) is 6.94. The molecule has 2 rings (SSSR count). The molecule has 0 saturated carbocycles. The van der Waals surface area contributed by atoms with Crippen LogP contribution in [-0.4, -0.2) is 7.05 Å². The molecule has 0 bridgehead atoms. The molecule has 2 atom stereocenters. The first kappa shape index (κ1) is 15.8. The zero-order valence-electron chi connectivity index (χ0n) is 12.5. The van der Waals surface area contributed by atoms with Gasteiger partial charge in [-0.05, 0) is 37.6 Å². The van der Waals surface area contributed by atoms with Crippen LogP contribution in [0.3, 0.4) is 0 Å². The first-order chi connectivity index (χ1) is 9.91. The Hall–Kier alpha value is -1.58. The Morgan fingerprint density at radius 3 is 2.33 bits per heavy atom. The lowest BCUT2D eigenvalue weighted by Crippen LogP contribution is -2.22. The minimum absolute atomic E-state index is 0.0941. The van der Waals surface area contributed by atoms with Crippen LogP contribution < -0.4 is 10.6 Å². The van der Waals surface area contributed by atoms with E-state index in [0.717, 1.165) is 11.3 Å². The Labute approximate surface area is 130 Å². The number of nitrogens with two attached hydrogens (primary N) is 1. The molecular weight excluding hydrogens is 287 g/mol. The topological polar surface area (TPSA) is 29.3 Å². The monoisotopic (exact) mass is 306 g/mol. The van der Waals surface area contributed by atoms with Gasteiger partial charge in [-0.1, -0.05) is 35.9 Å². The molecule has 0 aromatic heterocycles. The third-order valence-corrected chi connectivity index (χ3v) is 4.15. The molecule has 2 unspecified atom stereocenters. The number of anilines is 1. The molecular formula is C17H20ClFN2. The van der Waals surface area contributed by atoms with E-state index in [0.29, 0.717) is 10.6 Å². The molecule has 2 aromatic carbocycles. The minimum Gasteiger partial charge on any atom is -0.368 e. The summed E-state index contributed by atoms with van der Waals surface area (Å²) in [5, 5.41) is 0.634. The van der Waals surface area contributed by atoms with Crippen molar-refractivity contribution >= 4 is 17.3 Å². The standard InChI is InChI=1S/C17H20ClFN2/c1-11(20)14-9-8-13(10-16(14)18)21(3)12(2)15-6-4-5-7-17(15)19/h4-12H,20H2,1-3H3. The fourth-order valence-corrected chi connectivity index (χ4v) is 2.70. The minimum atomic E-state index is -0.199. The molecule has 112 valence electrons. The number of rotatable bonds is 4. The van der Waals surface area contributed by atoms with E-state index in [-0.39, 0.29) is 17.9 Å². The molecule has 0 heterocycles. The van der Waals surface area contributed by atoms with E-state index in [1.165, 1.54) is 6.07 Å². The second-order valence-corrected chi connectivity index (χ2v) is 5.71. The largest absolute Gasteiger partial charge is 0.368 e. The van der Waals surface area contributed by atoms with Gasteiger partial charge in [0, 0.05) is 29.4 Å². The maximum atomic E-state index is 13.9. The van der Waals surface area contributed by atoms with Gasteiger partial charge in [-0.2, -0.15) is 0 Å². The normalized spacial score (nSPS) is 13.8. The third-order valence-electron chi connectivity index (χ3n) is 3.82. The third kappa shape index (κ3) is 3.36. The fraction of sp³-hybridized carbons (Fsp3) is 0.294. The van der Waals surface area contributed by atoms with Crippen molar-refractivity contribution in [1.82, 2.24) is 0 Å². The van der Waals surface area contributed by atoms with E-state index < -0.39 is 0 Å². The van der Waals surface area contributed by atoms with E-state index >= 15 is 0 Å². The van der Waals surface area contributed by atoms with Crippen LogP contribution in [0.4, 0.5) is 10.1 Å². The van der Waals surface area contributed by atoms with Crippen molar-refractivity contribution in [2.24, 2.45) is 5.73 Å². The number of hydrogen-bond donors (Lipinski definition) is 1. The predicted octanol–water partition coefficient (Wildman–Crippen LogP) is 4.70. The van der Waals surface area contributed by atoms with Crippen LogP contribution in [0.15, 0.2) is 42.5 Å². The van der Waals surface area contributed by atoms with Gasteiger partial charge in [-0.3, -0.25) is 0 Å². The van der Waals surface area contributed by atoms with E-state index in [1.807, 2.05) is 50.1 Å². The van der Waals surface area contributed by atoms with Gasteiger partial charge in [-0.25, -0.2) is 4.39 Å². The maximum Gasteiger partial charge on any atom is 0.128 e. The van der Waals surface area contributed by atoms with E-state index in [2.05, 4.69) is 0 Å². The second kappa shape index (κ2) is 6.46.